The first-order valence-electron chi connectivity index (χ1n) is 5.80. The van der Waals surface area contributed by atoms with Gasteiger partial charge in [-0.1, -0.05) is 18.2 Å². The lowest BCUT2D eigenvalue weighted by Crippen LogP contribution is -2.06. The molecule has 18 heavy (non-hydrogen) atoms. The minimum Gasteiger partial charge on any atom is -0.271 e. The average molecular weight is 243 g/mol. The molecule has 0 aliphatic rings. The Labute approximate surface area is 105 Å². The van der Waals surface area contributed by atoms with Crippen LogP contribution in [0.25, 0.3) is 11.1 Å². The monoisotopic (exact) mass is 243 g/mol. The standard InChI is InChI=1S/C14H14FN3/c1-10(7-16)8-18-9-13(11(2)17-18)12-5-3-4-6-14(12)15/h3-6,9-10H,8H2,1-2H3. The van der Waals surface area contributed by atoms with Gasteiger partial charge in [-0.3, -0.25) is 4.68 Å². The van der Waals surface area contributed by atoms with Crippen molar-refractivity contribution in [2.45, 2.75) is 20.4 Å². The first-order valence-corrected chi connectivity index (χ1v) is 5.80. The van der Waals surface area contributed by atoms with Gasteiger partial charge < -0.3 is 0 Å². The zero-order valence-corrected chi connectivity index (χ0v) is 10.4. The average Bonchev–Trinajstić information content (AvgIpc) is 2.70. The van der Waals surface area contributed by atoms with Crippen LogP contribution in [0.3, 0.4) is 0 Å². The van der Waals surface area contributed by atoms with Gasteiger partial charge in [0.1, 0.15) is 5.82 Å². The van der Waals surface area contributed by atoms with Crippen molar-refractivity contribution < 1.29 is 4.39 Å². The topological polar surface area (TPSA) is 41.6 Å². The summed E-state index contributed by atoms with van der Waals surface area (Å²) in [6.45, 7) is 4.20. The van der Waals surface area contributed by atoms with Gasteiger partial charge in [0.2, 0.25) is 0 Å². The fraction of sp³-hybridized carbons (Fsp3) is 0.286. The summed E-state index contributed by atoms with van der Waals surface area (Å²) >= 11 is 0. The largest absolute Gasteiger partial charge is 0.271 e. The van der Waals surface area contributed by atoms with Gasteiger partial charge in [0.25, 0.3) is 0 Å². The minimum absolute atomic E-state index is 0.113. The second kappa shape index (κ2) is 5.01. The molecule has 4 heteroatoms. The Morgan fingerprint density at radius 1 is 1.39 bits per heavy atom. The first-order chi connectivity index (χ1) is 8.61. The van der Waals surface area contributed by atoms with E-state index in [1.807, 2.05) is 13.8 Å². The zero-order valence-electron chi connectivity index (χ0n) is 10.4. The summed E-state index contributed by atoms with van der Waals surface area (Å²) in [5, 5.41) is 13.1. The van der Waals surface area contributed by atoms with Crippen molar-refractivity contribution in [2.24, 2.45) is 5.92 Å². The molecule has 0 saturated heterocycles. The molecule has 1 atom stereocenters. The van der Waals surface area contributed by atoms with Crippen LogP contribution in [-0.4, -0.2) is 9.78 Å². The predicted octanol–water partition coefficient (Wildman–Crippen LogP) is 3.16. The van der Waals surface area contributed by atoms with E-state index in [0.29, 0.717) is 12.1 Å². The highest BCUT2D eigenvalue weighted by Gasteiger charge is 2.12. The van der Waals surface area contributed by atoms with Gasteiger partial charge in [0.15, 0.2) is 0 Å². The highest BCUT2D eigenvalue weighted by molar-refractivity contribution is 5.65. The quantitative estimate of drug-likeness (QED) is 0.830. The minimum atomic E-state index is -0.256. The van der Waals surface area contributed by atoms with Gasteiger partial charge in [-0.25, -0.2) is 4.39 Å². The lowest BCUT2D eigenvalue weighted by atomic mass is 10.1. The number of nitriles is 1. The summed E-state index contributed by atoms with van der Waals surface area (Å²) in [6.07, 6.45) is 1.79. The molecule has 1 heterocycles. The molecule has 1 aromatic heterocycles. The summed E-state index contributed by atoms with van der Waals surface area (Å²) in [6, 6.07) is 8.79. The van der Waals surface area contributed by atoms with Gasteiger partial charge in [-0.05, 0) is 19.9 Å². The van der Waals surface area contributed by atoms with Crippen molar-refractivity contribution >= 4 is 0 Å². The number of aryl methyl sites for hydroxylation is 1. The van der Waals surface area contributed by atoms with Gasteiger partial charge in [0, 0.05) is 17.3 Å². The van der Waals surface area contributed by atoms with E-state index < -0.39 is 0 Å². The molecule has 0 saturated carbocycles. The molecule has 0 fully saturated rings. The van der Waals surface area contributed by atoms with Crippen molar-refractivity contribution in [2.75, 3.05) is 0 Å². The molecule has 1 aromatic carbocycles. The molecule has 0 amide bonds. The van der Waals surface area contributed by atoms with E-state index in [0.717, 1.165) is 11.3 Å². The van der Waals surface area contributed by atoms with E-state index in [-0.39, 0.29) is 11.7 Å². The maximum atomic E-state index is 13.7. The van der Waals surface area contributed by atoms with Crippen molar-refractivity contribution in [3.05, 3.63) is 42.0 Å². The van der Waals surface area contributed by atoms with Gasteiger partial charge in [0.05, 0.1) is 24.2 Å². The summed E-state index contributed by atoms with van der Waals surface area (Å²) in [7, 11) is 0. The summed E-state index contributed by atoms with van der Waals surface area (Å²) < 4.78 is 15.4. The Balaban J connectivity index is 2.36. The molecule has 1 unspecified atom stereocenters. The highest BCUT2D eigenvalue weighted by Crippen LogP contribution is 2.25. The Bertz CT molecular complexity index is 595. The third-order valence-electron chi connectivity index (χ3n) is 2.79. The lowest BCUT2D eigenvalue weighted by Gasteiger charge is -2.01. The van der Waals surface area contributed by atoms with E-state index >= 15 is 0 Å². The Kier molecular flexibility index (Phi) is 3.42. The number of halogens is 1. The van der Waals surface area contributed by atoms with Crippen LogP contribution >= 0.6 is 0 Å². The molecule has 0 radical (unpaired) electrons. The second-order valence-corrected chi connectivity index (χ2v) is 4.36. The van der Waals surface area contributed by atoms with E-state index in [4.69, 9.17) is 5.26 Å². The fourth-order valence-corrected chi connectivity index (χ4v) is 1.88. The number of hydrogen-bond donors (Lipinski definition) is 0. The Morgan fingerprint density at radius 3 is 2.78 bits per heavy atom. The van der Waals surface area contributed by atoms with Crippen LogP contribution in [0.5, 0.6) is 0 Å². The van der Waals surface area contributed by atoms with Crippen molar-refractivity contribution in [1.82, 2.24) is 9.78 Å². The van der Waals surface area contributed by atoms with Crippen molar-refractivity contribution in [3.8, 4) is 17.2 Å². The summed E-state index contributed by atoms with van der Waals surface area (Å²) in [5.41, 5.74) is 2.09. The van der Waals surface area contributed by atoms with Crippen LogP contribution in [0.1, 0.15) is 12.6 Å². The molecule has 2 aromatic rings. The molecular formula is C14H14FN3. The first kappa shape index (κ1) is 12.3. The Hall–Kier alpha value is -2.15. The summed E-state index contributed by atoms with van der Waals surface area (Å²) in [5.74, 6) is -0.369. The van der Waals surface area contributed by atoms with E-state index in [9.17, 15) is 4.39 Å². The maximum Gasteiger partial charge on any atom is 0.131 e. The zero-order chi connectivity index (χ0) is 13.1. The molecule has 0 N–H and O–H groups in total. The van der Waals surface area contributed by atoms with Crippen LogP contribution in [0.15, 0.2) is 30.5 Å². The van der Waals surface area contributed by atoms with E-state index in [1.54, 1.807) is 29.1 Å². The SMILES string of the molecule is Cc1nn(CC(C)C#N)cc1-c1ccccc1F. The van der Waals surface area contributed by atoms with Crippen LogP contribution in [0.4, 0.5) is 4.39 Å². The normalized spacial score (nSPS) is 12.1. The van der Waals surface area contributed by atoms with E-state index in [2.05, 4.69) is 11.2 Å². The number of aromatic nitrogens is 2. The molecule has 0 aliphatic carbocycles. The van der Waals surface area contributed by atoms with Crippen molar-refractivity contribution in [3.63, 3.8) is 0 Å². The van der Waals surface area contributed by atoms with Gasteiger partial charge >= 0.3 is 0 Å². The molecule has 0 spiro atoms. The predicted molar refractivity (Wildman–Crippen MR) is 67.1 cm³/mol. The number of benzene rings is 1. The number of nitrogens with zero attached hydrogens (tertiary/aromatic N) is 3. The molecule has 92 valence electrons. The lowest BCUT2D eigenvalue weighted by molar-refractivity contribution is 0.526. The van der Waals surface area contributed by atoms with Crippen molar-refractivity contribution in [1.29, 1.82) is 5.26 Å². The van der Waals surface area contributed by atoms with Crippen LogP contribution < -0.4 is 0 Å². The molecule has 0 aliphatic heterocycles. The van der Waals surface area contributed by atoms with Gasteiger partial charge in [-0.2, -0.15) is 10.4 Å². The van der Waals surface area contributed by atoms with Crippen LogP contribution in [-0.2, 0) is 6.54 Å². The van der Waals surface area contributed by atoms with Crippen LogP contribution in [0, 0.1) is 30.0 Å². The third kappa shape index (κ3) is 2.40. The number of hydrogen-bond acceptors (Lipinski definition) is 2. The second-order valence-electron chi connectivity index (χ2n) is 4.36. The molecular weight excluding hydrogens is 229 g/mol. The smallest absolute Gasteiger partial charge is 0.131 e. The maximum absolute atomic E-state index is 13.7. The number of rotatable bonds is 3. The highest BCUT2D eigenvalue weighted by atomic mass is 19.1. The van der Waals surface area contributed by atoms with Gasteiger partial charge in [-0.15, -0.1) is 0 Å². The molecule has 2 rings (SSSR count). The summed E-state index contributed by atoms with van der Waals surface area (Å²) in [4.78, 5) is 0. The van der Waals surface area contributed by atoms with E-state index in [1.165, 1.54) is 6.07 Å². The molecule has 3 nitrogen and oxygen atoms in total. The third-order valence-corrected chi connectivity index (χ3v) is 2.79. The molecule has 0 bridgehead atoms. The van der Waals surface area contributed by atoms with Crippen LogP contribution in [0.2, 0.25) is 0 Å². The fourth-order valence-electron chi connectivity index (χ4n) is 1.88. The Morgan fingerprint density at radius 2 is 2.11 bits per heavy atom.